The quantitative estimate of drug-likeness (QED) is 0.204. The van der Waals surface area contributed by atoms with E-state index < -0.39 is 0 Å². The zero-order valence-corrected chi connectivity index (χ0v) is 28.4. The molecule has 0 spiro atoms. The van der Waals surface area contributed by atoms with Crippen molar-refractivity contribution in [1.82, 2.24) is 41.7 Å². The molecule has 0 aliphatic carbocycles. The molecule has 0 saturated carbocycles. The van der Waals surface area contributed by atoms with E-state index in [2.05, 4.69) is 87.3 Å². The van der Waals surface area contributed by atoms with Crippen molar-refractivity contribution in [3.63, 3.8) is 0 Å². The molecule has 0 aromatic rings. The molecule has 4 amide bonds. The molecule has 2 fully saturated rings. The maximum absolute atomic E-state index is 12.9. The number of carbonyl (C=O) groups excluding carboxylic acids is 2. The van der Waals surface area contributed by atoms with Gasteiger partial charge in [-0.05, 0) is 66.2 Å². The highest BCUT2D eigenvalue weighted by Gasteiger charge is 2.43. The number of urea groups is 2. The normalized spacial score (nSPS) is 31.6. The number of rotatable bonds is 11. The Balaban J connectivity index is 1.64. The number of nitrogens with zero attached hydrogens (tertiary/aromatic N) is 2. The summed E-state index contributed by atoms with van der Waals surface area (Å²) in [5.74, 6) is 0. The number of carbonyl (C=O) groups is 2. The second-order valence-electron chi connectivity index (χ2n) is 13.3. The van der Waals surface area contributed by atoms with Gasteiger partial charge in [0.05, 0.1) is 0 Å². The van der Waals surface area contributed by atoms with Gasteiger partial charge in [-0.3, -0.25) is 0 Å². The van der Waals surface area contributed by atoms with Crippen molar-refractivity contribution in [2.45, 2.75) is 129 Å². The molecule has 4 atom stereocenters. The number of amides is 4. The lowest BCUT2D eigenvalue weighted by Crippen LogP contribution is -2.66. The predicted octanol–water partition coefficient (Wildman–Crippen LogP) is 3.63. The molecule has 0 aromatic carbocycles. The summed E-state index contributed by atoms with van der Waals surface area (Å²) in [6.07, 6.45) is 8.09. The van der Waals surface area contributed by atoms with Gasteiger partial charge in [0.15, 0.2) is 0 Å². The van der Waals surface area contributed by atoms with Crippen molar-refractivity contribution < 1.29 is 9.59 Å². The van der Waals surface area contributed by atoms with Crippen molar-refractivity contribution in [2.24, 2.45) is 0 Å². The van der Waals surface area contributed by atoms with Crippen molar-refractivity contribution >= 4 is 12.1 Å². The van der Waals surface area contributed by atoms with E-state index in [-0.39, 0.29) is 34.2 Å². The molecule has 0 aromatic heterocycles. The van der Waals surface area contributed by atoms with Gasteiger partial charge in [-0.15, -0.1) is 0 Å². The molecule has 42 heavy (non-hydrogen) atoms. The molecule has 10 nitrogen and oxygen atoms in total. The molecule has 6 N–H and O–H groups in total. The molecule has 4 unspecified atom stereocenters. The van der Waals surface area contributed by atoms with Gasteiger partial charge < -0.3 is 41.7 Å². The molecular weight excluding hydrogens is 528 g/mol. The maximum Gasteiger partial charge on any atom is 0.317 e. The first-order valence-electron chi connectivity index (χ1n) is 17.0. The Kier molecular flexibility index (Phi) is 14.8. The molecule has 0 bridgehead atoms. The number of unbranched alkanes of at least 4 members (excludes halogenated alkanes) is 3. The van der Waals surface area contributed by atoms with Crippen molar-refractivity contribution in [2.75, 3.05) is 65.4 Å². The predicted molar refractivity (Wildman–Crippen MR) is 175 cm³/mol. The fourth-order valence-corrected chi connectivity index (χ4v) is 6.56. The van der Waals surface area contributed by atoms with E-state index in [4.69, 9.17) is 0 Å². The minimum Gasteiger partial charge on any atom is -0.338 e. The van der Waals surface area contributed by atoms with Crippen LogP contribution in [0.1, 0.15) is 107 Å². The molecule has 2 aliphatic heterocycles. The number of nitrogens with one attached hydrogen (secondary N) is 6. The number of hydrogen-bond acceptors (Lipinski definition) is 6. The molecular formula is C32H66N8O2. The lowest BCUT2D eigenvalue weighted by molar-refractivity contribution is 0.152. The zero-order valence-electron chi connectivity index (χ0n) is 28.4. The van der Waals surface area contributed by atoms with Crippen LogP contribution in [0.4, 0.5) is 9.59 Å². The van der Waals surface area contributed by atoms with Crippen molar-refractivity contribution in [1.29, 1.82) is 0 Å². The van der Waals surface area contributed by atoms with Crippen molar-refractivity contribution in [3.8, 4) is 0 Å². The van der Waals surface area contributed by atoms with E-state index in [0.29, 0.717) is 39.3 Å². The minimum atomic E-state index is -0.0124. The fraction of sp³-hybridized carbons (Fsp3) is 0.938. The Labute approximate surface area is 257 Å². The van der Waals surface area contributed by atoms with Crippen LogP contribution in [0, 0.1) is 0 Å². The summed E-state index contributed by atoms with van der Waals surface area (Å²) in [6.45, 7) is 25.5. The van der Waals surface area contributed by atoms with E-state index in [1.807, 2.05) is 9.80 Å². The van der Waals surface area contributed by atoms with Crippen LogP contribution in [0.15, 0.2) is 0 Å². The highest BCUT2D eigenvalue weighted by atomic mass is 16.2. The molecule has 2 heterocycles. The average Bonchev–Trinajstić information content (AvgIpc) is 3.09. The van der Waals surface area contributed by atoms with Crippen LogP contribution in [-0.2, 0) is 0 Å². The molecule has 0 radical (unpaired) electrons. The molecule has 246 valence electrons. The number of hydrogen-bond donors (Lipinski definition) is 6. The first kappa shape index (κ1) is 36.6. The topological polar surface area (TPSA) is 113 Å². The van der Waals surface area contributed by atoms with Gasteiger partial charge in [-0.1, -0.05) is 40.5 Å². The van der Waals surface area contributed by atoms with Crippen LogP contribution < -0.4 is 31.9 Å². The minimum absolute atomic E-state index is 0.0124. The smallest absolute Gasteiger partial charge is 0.317 e. The van der Waals surface area contributed by atoms with Crippen LogP contribution in [0.3, 0.4) is 0 Å². The summed E-state index contributed by atoms with van der Waals surface area (Å²) < 4.78 is 0. The fourth-order valence-electron chi connectivity index (χ4n) is 6.56. The van der Waals surface area contributed by atoms with Gasteiger partial charge >= 0.3 is 12.1 Å². The summed E-state index contributed by atoms with van der Waals surface area (Å²) in [6, 6.07) is 0.0476. The highest BCUT2D eigenvalue weighted by Crippen LogP contribution is 2.30. The van der Waals surface area contributed by atoms with Crippen LogP contribution in [0.2, 0.25) is 0 Å². The third-order valence-corrected chi connectivity index (χ3v) is 11.1. The van der Waals surface area contributed by atoms with Gasteiger partial charge in [0.1, 0.15) is 0 Å². The lowest BCUT2D eigenvalue weighted by atomic mass is 9.75. The van der Waals surface area contributed by atoms with Crippen LogP contribution in [0.5, 0.6) is 0 Å². The second kappa shape index (κ2) is 17.0. The summed E-state index contributed by atoms with van der Waals surface area (Å²) in [4.78, 5) is 29.6. The van der Waals surface area contributed by atoms with Gasteiger partial charge in [0.25, 0.3) is 0 Å². The Morgan fingerprint density at radius 2 is 0.786 bits per heavy atom. The SMILES string of the molecule is CCC1(C)NCCN(C(=O)NCCCCCCNC(=O)N2CCNC(C)(CC)C(C)(CC)NCC2)CCNC1(C)CC. The molecule has 10 heteroatoms. The standard InChI is InChI=1S/C32H66N8O2/c1-9-29(5)30(6,10-2)36-20-24-39(23-19-35-29)27(41)33-17-15-13-14-16-18-34-28(42)40-25-21-37-31(7,11-3)32(8,12-4)38-22-26-40/h35-38H,9-26H2,1-8H3,(H,33,41)(H,34,42). The van der Waals surface area contributed by atoms with Crippen LogP contribution >= 0.6 is 0 Å². The van der Waals surface area contributed by atoms with Gasteiger partial charge in [-0.25, -0.2) is 9.59 Å². The highest BCUT2D eigenvalue weighted by molar-refractivity contribution is 5.74. The monoisotopic (exact) mass is 595 g/mol. The Morgan fingerprint density at radius 1 is 0.524 bits per heavy atom. The lowest BCUT2D eigenvalue weighted by Gasteiger charge is -2.47. The Morgan fingerprint density at radius 3 is 1.02 bits per heavy atom. The van der Waals surface area contributed by atoms with E-state index in [9.17, 15) is 9.59 Å². The van der Waals surface area contributed by atoms with E-state index in [1.54, 1.807) is 0 Å². The van der Waals surface area contributed by atoms with E-state index in [1.165, 1.54) is 0 Å². The largest absolute Gasteiger partial charge is 0.338 e. The summed E-state index contributed by atoms with van der Waals surface area (Å²) >= 11 is 0. The second-order valence-corrected chi connectivity index (χ2v) is 13.3. The van der Waals surface area contributed by atoms with E-state index in [0.717, 1.165) is 77.5 Å². The van der Waals surface area contributed by atoms with Gasteiger partial charge in [0, 0.05) is 87.6 Å². The van der Waals surface area contributed by atoms with Gasteiger partial charge in [0.2, 0.25) is 0 Å². The van der Waals surface area contributed by atoms with E-state index >= 15 is 0 Å². The van der Waals surface area contributed by atoms with Gasteiger partial charge in [-0.2, -0.15) is 0 Å². The first-order chi connectivity index (χ1) is 19.9. The summed E-state index contributed by atoms with van der Waals surface area (Å²) in [7, 11) is 0. The Hall–Kier alpha value is -1.62. The zero-order chi connectivity index (χ0) is 31.3. The third-order valence-electron chi connectivity index (χ3n) is 11.1. The van der Waals surface area contributed by atoms with Crippen LogP contribution in [0.25, 0.3) is 0 Å². The first-order valence-corrected chi connectivity index (χ1v) is 17.0. The summed E-state index contributed by atoms with van der Waals surface area (Å²) in [5.41, 5.74) is -0.0496. The average molecular weight is 595 g/mol. The molecule has 2 rings (SSSR count). The molecule has 2 saturated heterocycles. The van der Waals surface area contributed by atoms with Crippen LogP contribution in [-0.4, -0.2) is 109 Å². The Bertz CT molecular complexity index is 720. The summed E-state index contributed by atoms with van der Waals surface area (Å²) in [5, 5.41) is 21.2. The maximum atomic E-state index is 12.9. The molecule has 2 aliphatic rings. The third kappa shape index (κ3) is 9.44. The van der Waals surface area contributed by atoms with Crippen molar-refractivity contribution in [3.05, 3.63) is 0 Å².